The number of nitrogens with zero attached hydrogens (tertiary/aromatic N) is 2. The number of nitrogens with one attached hydrogen (secondary N) is 2. The molecule has 0 saturated carbocycles. The molecule has 1 rings (SSSR count). The summed E-state index contributed by atoms with van der Waals surface area (Å²) in [6.07, 6.45) is 0. The van der Waals surface area contributed by atoms with E-state index in [0.717, 1.165) is 11.1 Å². The van der Waals surface area contributed by atoms with Gasteiger partial charge in [0.1, 0.15) is 11.7 Å². The highest BCUT2D eigenvalue weighted by molar-refractivity contribution is 6.02. The lowest BCUT2D eigenvalue weighted by atomic mass is 10.0. The van der Waals surface area contributed by atoms with Crippen molar-refractivity contribution in [2.24, 2.45) is 0 Å². The van der Waals surface area contributed by atoms with Gasteiger partial charge in [-0.1, -0.05) is 18.2 Å². The first kappa shape index (κ1) is 20.2. The van der Waals surface area contributed by atoms with E-state index >= 15 is 0 Å². The first-order valence-corrected chi connectivity index (χ1v) is 8.92. The van der Waals surface area contributed by atoms with Gasteiger partial charge in [0.25, 0.3) is 0 Å². The molecule has 4 heteroatoms. The van der Waals surface area contributed by atoms with Crippen molar-refractivity contribution >= 4 is 11.7 Å². The summed E-state index contributed by atoms with van der Waals surface area (Å²) >= 11 is 0. The van der Waals surface area contributed by atoms with E-state index in [-0.39, 0.29) is 24.2 Å². The van der Waals surface area contributed by atoms with Crippen LogP contribution in [0.15, 0.2) is 24.3 Å². The molecule has 0 radical (unpaired) electrons. The van der Waals surface area contributed by atoms with Gasteiger partial charge in [-0.3, -0.25) is 10.8 Å². The standard InChI is InChI=1S/C20H34N4/c1-13(2)23(14(3)4)19(21)17-10-9-11-18(12-17)20(22)24(15(5)6)16(7)8/h9-16,21-22H,1-8H3. The predicted molar refractivity (Wildman–Crippen MR) is 104 cm³/mol. The molecule has 0 aromatic heterocycles. The third-order valence-corrected chi connectivity index (χ3v) is 4.15. The molecule has 0 amide bonds. The Kier molecular flexibility index (Phi) is 7.00. The highest BCUT2D eigenvalue weighted by atomic mass is 15.2. The molecule has 0 fully saturated rings. The van der Waals surface area contributed by atoms with Crippen molar-refractivity contribution in [2.45, 2.75) is 79.6 Å². The van der Waals surface area contributed by atoms with E-state index in [1.807, 2.05) is 24.3 Å². The molecule has 24 heavy (non-hydrogen) atoms. The molecule has 0 heterocycles. The van der Waals surface area contributed by atoms with Crippen LogP contribution in [-0.2, 0) is 0 Å². The molecule has 1 aromatic carbocycles. The van der Waals surface area contributed by atoms with Crippen LogP contribution < -0.4 is 0 Å². The minimum atomic E-state index is 0.267. The molecule has 134 valence electrons. The molecule has 1 aromatic rings. The van der Waals surface area contributed by atoms with Crippen LogP contribution in [-0.4, -0.2) is 45.6 Å². The van der Waals surface area contributed by atoms with Gasteiger partial charge in [-0.2, -0.15) is 0 Å². The van der Waals surface area contributed by atoms with Gasteiger partial charge in [-0.25, -0.2) is 0 Å². The third kappa shape index (κ3) is 4.59. The van der Waals surface area contributed by atoms with Crippen LogP contribution in [0.3, 0.4) is 0 Å². The van der Waals surface area contributed by atoms with E-state index in [2.05, 4.69) is 65.2 Å². The van der Waals surface area contributed by atoms with Crippen molar-refractivity contribution in [2.75, 3.05) is 0 Å². The van der Waals surface area contributed by atoms with Crippen LogP contribution in [0, 0.1) is 10.8 Å². The Morgan fingerprint density at radius 2 is 0.958 bits per heavy atom. The lowest BCUT2D eigenvalue weighted by Gasteiger charge is -2.34. The van der Waals surface area contributed by atoms with E-state index < -0.39 is 0 Å². The summed E-state index contributed by atoms with van der Waals surface area (Å²) in [6.45, 7) is 16.9. The van der Waals surface area contributed by atoms with Crippen LogP contribution in [0.25, 0.3) is 0 Å². The number of hydrogen-bond donors (Lipinski definition) is 2. The molecule has 2 N–H and O–H groups in total. The summed E-state index contributed by atoms with van der Waals surface area (Å²) in [5, 5.41) is 17.2. The van der Waals surface area contributed by atoms with Crippen molar-refractivity contribution in [3.05, 3.63) is 35.4 Å². The van der Waals surface area contributed by atoms with Crippen LogP contribution in [0.5, 0.6) is 0 Å². The van der Waals surface area contributed by atoms with E-state index in [0.29, 0.717) is 11.7 Å². The van der Waals surface area contributed by atoms with Crippen LogP contribution in [0.1, 0.15) is 66.5 Å². The van der Waals surface area contributed by atoms with E-state index in [1.54, 1.807) is 0 Å². The zero-order valence-corrected chi connectivity index (χ0v) is 16.5. The maximum Gasteiger partial charge on any atom is 0.128 e. The monoisotopic (exact) mass is 330 g/mol. The second kappa shape index (κ2) is 8.32. The van der Waals surface area contributed by atoms with Crippen LogP contribution in [0.2, 0.25) is 0 Å². The zero-order valence-electron chi connectivity index (χ0n) is 16.5. The molecule has 0 atom stereocenters. The molecule has 0 spiro atoms. The van der Waals surface area contributed by atoms with Gasteiger partial charge < -0.3 is 9.80 Å². The summed E-state index contributed by atoms with van der Waals surface area (Å²) in [4.78, 5) is 4.21. The first-order valence-electron chi connectivity index (χ1n) is 8.92. The largest absolute Gasteiger partial charge is 0.352 e. The summed E-state index contributed by atoms with van der Waals surface area (Å²) in [5.41, 5.74) is 1.74. The highest BCUT2D eigenvalue weighted by Gasteiger charge is 2.21. The molecule has 4 nitrogen and oxygen atoms in total. The van der Waals surface area contributed by atoms with Crippen molar-refractivity contribution in [3.63, 3.8) is 0 Å². The van der Waals surface area contributed by atoms with Crippen molar-refractivity contribution in [1.29, 1.82) is 10.8 Å². The van der Waals surface area contributed by atoms with Crippen molar-refractivity contribution in [1.82, 2.24) is 9.80 Å². The van der Waals surface area contributed by atoms with Gasteiger partial charge >= 0.3 is 0 Å². The van der Waals surface area contributed by atoms with E-state index in [1.165, 1.54) is 0 Å². The SMILES string of the molecule is CC(C)N(C(=N)c1cccc(C(=N)N(C(C)C)C(C)C)c1)C(C)C. The van der Waals surface area contributed by atoms with Gasteiger partial charge in [0.15, 0.2) is 0 Å². The molecule has 0 aliphatic rings. The maximum atomic E-state index is 8.60. The summed E-state index contributed by atoms with van der Waals surface area (Å²) in [6, 6.07) is 8.92. The first-order chi connectivity index (χ1) is 11.1. The quantitative estimate of drug-likeness (QED) is 0.593. The highest BCUT2D eigenvalue weighted by Crippen LogP contribution is 2.17. The molecular weight excluding hydrogens is 296 g/mol. The fraction of sp³-hybridized carbons (Fsp3) is 0.600. The molecule has 0 unspecified atom stereocenters. The average molecular weight is 331 g/mol. The predicted octanol–water partition coefficient (Wildman–Crippen LogP) is 4.57. The Morgan fingerprint density at radius 3 is 1.21 bits per heavy atom. The Morgan fingerprint density at radius 1 is 0.667 bits per heavy atom. The fourth-order valence-corrected chi connectivity index (χ4v) is 3.34. The smallest absolute Gasteiger partial charge is 0.128 e. The number of hydrogen-bond acceptors (Lipinski definition) is 2. The van der Waals surface area contributed by atoms with Gasteiger partial charge in [-0.15, -0.1) is 0 Å². The Balaban J connectivity index is 3.18. The van der Waals surface area contributed by atoms with E-state index in [4.69, 9.17) is 10.8 Å². The summed E-state index contributed by atoms with van der Waals surface area (Å²) in [7, 11) is 0. The van der Waals surface area contributed by atoms with Gasteiger partial charge in [-0.05, 0) is 61.5 Å². The third-order valence-electron chi connectivity index (χ3n) is 4.15. The molecule has 0 aliphatic heterocycles. The topological polar surface area (TPSA) is 54.2 Å². The number of benzene rings is 1. The number of amidine groups is 2. The maximum absolute atomic E-state index is 8.60. The normalized spacial score (nSPS) is 11.5. The molecular formula is C20H34N4. The Labute approximate surface area is 147 Å². The van der Waals surface area contributed by atoms with Gasteiger partial charge in [0.2, 0.25) is 0 Å². The minimum Gasteiger partial charge on any atom is -0.352 e. The summed E-state index contributed by atoms with van der Waals surface area (Å²) in [5.74, 6) is 1.05. The lowest BCUT2D eigenvalue weighted by molar-refractivity contribution is 0.290. The van der Waals surface area contributed by atoms with E-state index in [9.17, 15) is 0 Å². The Hall–Kier alpha value is -1.84. The van der Waals surface area contributed by atoms with Crippen molar-refractivity contribution in [3.8, 4) is 0 Å². The van der Waals surface area contributed by atoms with Gasteiger partial charge in [0.05, 0.1) is 0 Å². The minimum absolute atomic E-state index is 0.267. The Bertz CT molecular complexity index is 510. The number of rotatable bonds is 6. The average Bonchev–Trinajstić information content (AvgIpc) is 2.45. The molecule has 0 aliphatic carbocycles. The molecule has 0 bridgehead atoms. The van der Waals surface area contributed by atoms with Gasteiger partial charge in [0, 0.05) is 35.3 Å². The zero-order chi connectivity index (χ0) is 18.6. The second-order valence-electron chi connectivity index (χ2n) is 7.47. The lowest BCUT2D eigenvalue weighted by Crippen LogP contribution is -2.43. The van der Waals surface area contributed by atoms with Crippen molar-refractivity contribution < 1.29 is 0 Å². The fourth-order valence-electron chi connectivity index (χ4n) is 3.34. The van der Waals surface area contributed by atoms with Crippen LogP contribution >= 0.6 is 0 Å². The molecule has 0 saturated heterocycles. The van der Waals surface area contributed by atoms with Crippen LogP contribution in [0.4, 0.5) is 0 Å². The second-order valence-corrected chi connectivity index (χ2v) is 7.47. The summed E-state index contributed by atoms with van der Waals surface area (Å²) < 4.78 is 0.